The molecule has 1 fully saturated rings. The van der Waals surface area contributed by atoms with Crippen molar-refractivity contribution in [1.29, 1.82) is 0 Å². The lowest BCUT2D eigenvalue weighted by Crippen LogP contribution is -2.40. The summed E-state index contributed by atoms with van der Waals surface area (Å²) in [7, 11) is -3.11. The van der Waals surface area contributed by atoms with Gasteiger partial charge in [0.2, 0.25) is 0 Å². The predicted octanol–water partition coefficient (Wildman–Crippen LogP) is 4.69. The first kappa shape index (κ1) is 19.4. The van der Waals surface area contributed by atoms with Crippen LogP contribution < -0.4 is 0 Å². The molecule has 4 nitrogen and oxygen atoms in total. The van der Waals surface area contributed by atoms with Gasteiger partial charge in [0.1, 0.15) is 4.88 Å². The number of hydrogen-bond acceptors (Lipinski definition) is 4. The van der Waals surface area contributed by atoms with Crippen LogP contribution in [0.3, 0.4) is 0 Å². The normalized spacial score (nSPS) is 18.4. The standard InChI is InChI=1S/C21H20ClNO3S2/c1-14-6-8-15(9-7-14)12-23(16-10-11-28(25,26)13-16)21(24)20-19(22)17-4-2-3-5-18(17)27-20/h2-9,16H,10-13H2,1H3/t16-/m0/s1. The summed E-state index contributed by atoms with van der Waals surface area (Å²) in [4.78, 5) is 15.6. The number of nitrogens with zero attached hydrogens (tertiary/aromatic N) is 1. The fraction of sp³-hybridized carbons (Fsp3) is 0.286. The molecule has 1 amide bonds. The van der Waals surface area contributed by atoms with E-state index >= 15 is 0 Å². The highest BCUT2D eigenvalue weighted by molar-refractivity contribution is 7.91. The first-order chi connectivity index (χ1) is 13.3. The minimum absolute atomic E-state index is 0.00706. The number of carbonyl (C=O) groups excluding carboxylic acids is 1. The Hall–Kier alpha value is -1.89. The van der Waals surface area contributed by atoms with Crippen molar-refractivity contribution in [2.45, 2.75) is 25.9 Å². The van der Waals surface area contributed by atoms with Gasteiger partial charge in [0.05, 0.1) is 16.5 Å². The summed E-state index contributed by atoms with van der Waals surface area (Å²) in [6.45, 7) is 2.37. The second kappa shape index (κ2) is 7.50. The minimum Gasteiger partial charge on any atom is -0.330 e. The van der Waals surface area contributed by atoms with Gasteiger partial charge < -0.3 is 4.90 Å². The average molecular weight is 434 g/mol. The summed E-state index contributed by atoms with van der Waals surface area (Å²) in [5, 5.41) is 1.30. The molecule has 0 radical (unpaired) electrons. The van der Waals surface area contributed by atoms with Gasteiger partial charge in [0.25, 0.3) is 5.91 Å². The van der Waals surface area contributed by atoms with Crippen molar-refractivity contribution >= 4 is 48.8 Å². The van der Waals surface area contributed by atoms with Crippen LogP contribution in [0.1, 0.15) is 27.2 Å². The van der Waals surface area contributed by atoms with Gasteiger partial charge in [-0.15, -0.1) is 11.3 Å². The lowest BCUT2D eigenvalue weighted by molar-refractivity contribution is 0.0686. The summed E-state index contributed by atoms with van der Waals surface area (Å²) in [5.74, 6) is -0.0725. The van der Waals surface area contributed by atoms with Crippen molar-refractivity contribution < 1.29 is 13.2 Å². The summed E-state index contributed by atoms with van der Waals surface area (Å²) in [6.07, 6.45) is 0.461. The molecule has 0 aliphatic carbocycles. The summed E-state index contributed by atoms with van der Waals surface area (Å²) in [5.41, 5.74) is 2.11. The minimum atomic E-state index is -3.11. The Labute approximate surface area is 173 Å². The second-order valence-corrected chi connectivity index (χ2v) is 10.9. The fourth-order valence-corrected chi connectivity index (χ4v) is 6.76. The van der Waals surface area contributed by atoms with E-state index in [4.69, 9.17) is 11.6 Å². The average Bonchev–Trinajstić information content (AvgIpc) is 3.20. The van der Waals surface area contributed by atoms with Gasteiger partial charge in [-0.05, 0) is 25.0 Å². The molecule has 2 aromatic carbocycles. The Balaban J connectivity index is 1.72. The predicted molar refractivity (Wildman–Crippen MR) is 115 cm³/mol. The number of carbonyl (C=O) groups is 1. The van der Waals surface area contributed by atoms with E-state index in [1.54, 1.807) is 4.90 Å². The van der Waals surface area contributed by atoms with E-state index in [0.717, 1.165) is 21.2 Å². The maximum Gasteiger partial charge on any atom is 0.266 e. The maximum atomic E-state index is 13.5. The molecule has 7 heteroatoms. The molecule has 28 heavy (non-hydrogen) atoms. The summed E-state index contributed by atoms with van der Waals surface area (Å²) < 4.78 is 25.0. The smallest absolute Gasteiger partial charge is 0.266 e. The summed E-state index contributed by atoms with van der Waals surface area (Å²) >= 11 is 7.89. The van der Waals surface area contributed by atoms with Gasteiger partial charge in [-0.2, -0.15) is 0 Å². The number of benzene rings is 2. The van der Waals surface area contributed by atoms with Crippen LogP contribution in [-0.2, 0) is 16.4 Å². The third kappa shape index (κ3) is 3.81. The van der Waals surface area contributed by atoms with Crippen molar-refractivity contribution in [2.24, 2.45) is 0 Å². The lowest BCUT2D eigenvalue weighted by Gasteiger charge is -2.28. The Bertz CT molecular complexity index is 1140. The van der Waals surface area contributed by atoms with E-state index in [1.807, 2.05) is 55.5 Å². The molecule has 2 heterocycles. The Morgan fingerprint density at radius 1 is 1.18 bits per heavy atom. The van der Waals surface area contributed by atoms with Crippen molar-refractivity contribution in [1.82, 2.24) is 4.90 Å². The van der Waals surface area contributed by atoms with Crippen LogP contribution in [0.25, 0.3) is 10.1 Å². The highest BCUT2D eigenvalue weighted by atomic mass is 35.5. The second-order valence-electron chi connectivity index (χ2n) is 7.22. The number of thiophene rings is 1. The van der Waals surface area contributed by atoms with E-state index in [9.17, 15) is 13.2 Å². The third-order valence-corrected chi connectivity index (χ3v) is 8.53. The first-order valence-electron chi connectivity index (χ1n) is 9.08. The zero-order chi connectivity index (χ0) is 19.9. The SMILES string of the molecule is Cc1ccc(CN(C(=O)c2sc3ccccc3c2Cl)[C@H]2CCS(=O)(=O)C2)cc1. The molecule has 0 N–H and O–H groups in total. The van der Waals surface area contributed by atoms with E-state index in [1.165, 1.54) is 11.3 Å². The Morgan fingerprint density at radius 3 is 2.54 bits per heavy atom. The van der Waals surface area contributed by atoms with E-state index in [0.29, 0.717) is 22.9 Å². The van der Waals surface area contributed by atoms with Crippen molar-refractivity contribution in [3.05, 3.63) is 69.6 Å². The maximum absolute atomic E-state index is 13.5. The molecule has 0 spiro atoms. The highest BCUT2D eigenvalue weighted by Crippen LogP contribution is 2.37. The van der Waals surface area contributed by atoms with Crippen LogP contribution in [-0.4, -0.2) is 36.8 Å². The molecule has 0 bridgehead atoms. The number of halogens is 1. The monoisotopic (exact) mass is 433 g/mol. The van der Waals surface area contributed by atoms with Crippen molar-refractivity contribution in [3.8, 4) is 0 Å². The van der Waals surface area contributed by atoms with Gasteiger partial charge >= 0.3 is 0 Å². The van der Waals surface area contributed by atoms with Crippen LogP contribution in [0.15, 0.2) is 48.5 Å². The molecule has 1 aromatic heterocycles. The molecule has 1 saturated heterocycles. The van der Waals surface area contributed by atoms with E-state index < -0.39 is 9.84 Å². The topological polar surface area (TPSA) is 54.5 Å². The van der Waals surface area contributed by atoms with Crippen LogP contribution in [0.2, 0.25) is 5.02 Å². The third-order valence-electron chi connectivity index (χ3n) is 5.11. The molecule has 1 aliphatic rings. The number of aryl methyl sites for hydroxylation is 1. The molecule has 3 aromatic rings. The van der Waals surface area contributed by atoms with Gasteiger partial charge in [-0.1, -0.05) is 59.6 Å². The van der Waals surface area contributed by atoms with Crippen LogP contribution >= 0.6 is 22.9 Å². The molecule has 0 saturated carbocycles. The first-order valence-corrected chi connectivity index (χ1v) is 12.1. The quantitative estimate of drug-likeness (QED) is 0.599. The number of rotatable bonds is 4. The zero-order valence-corrected chi connectivity index (χ0v) is 17.8. The molecule has 4 rings (SSSR count). The number of fused-ring (bicyclic) bond motifs is 1. The molecule has 1 atom stereocenters. The van der Waals surface area contributed by atoms with E-state index in [-0.39, 0.29) is 23.5 Å². The van der Waals surface area contributed by atoms with Gasteiger partial charge in [-0.3, -0.25) is 4.79 Å². The largest absolute Gasteiger partial charge is 0.330 e. The Kier molecular flexibility index (Phi) is 5.21. The van der Waals surface area contributed by atoms with Crippen LogP contribution in [0.5, 0.6) is 0 Å². The molecule has 1 aliphatic heterocycles. The van der Waals surface area contributed by atoms with Crippen molar-refractivity contribution in [2.75, 3.05) is 11.5 Å². The fourth-order valence-electron chi connectivity index (χ4n) is 3.56. The molecule has 0 unspecified atom stereocenters. The number of amides is 1. The number of sulfone groups is 1. The van der Waals surface area contributed by atoms with Gasteiger partial charge in [-0.25, -0.2) is 8.42 Å². The van der Waals surface area contributed by atoms with Crippen molar-refractivity contribution in [3.63, 3.8) is 0 Å². The molecule has 146 valence electrons. The van der Waals surface area contributed by atoms with Gasteiger partial charge in [0, 0.05) is 22.7 Å². The summed E-state index contributed by atoms with van der Waals surface area (Å²) in [6, 6.07) is 15.3. The van der Waals surface area contributed by atoms with Gasteiger partial charge in [0.15, 0.2) is 9.84 Å². The lowest BCUT2D eigenvalue weighted by atomic mass is 10.1. The van der Waals surface area contributed by atoms with Crippen LogP contribution in [0.4, 0.5) is 0 Å². The van der Waals surface area contributed by atoms with Crippen LogP contribution in [0, 0.1) is 6.92 Å². The molecular weight excluding hydrogens is 414 g/mol. The highest BCUT2D eigenvalue weighted by Gasteiger charge is 2.36. The van der Waals surface area contributed by atoms with E-state index in [2.05, 4.69) is 0 Å². The number of hydrogen-bond donors (Lipinski definition) is 0. The zero-order valence-electron chi connectivity index (χ0n) is 15.4. The Morgan fingerprint density at radius 2 is 1.89 bits per heavy atom. The molecular formula is C21H20ClNO3S2.